The maximum atomic E-state index is 13.9. The lowest BCUT2D eigenvalue weighted by Crippen LogP contribution is -2.47. The number of hydrogen-bond acceptors (Lipinski definition) is 5. The molecule has 0 spiro atoms. The van der Waals surface area contributed by atoms with Gasteiger partial charge in [-0.05, 0) is 18.2 Å². The predicted molar refractivity (Wildman–Crippen MR) is 87.1 cm³/mol. The van der Waals surface area contributed by atoms with Crippen molar-refractivity contribution in [2.75, 3.05) is 36.0 Å². The number of anilines is 2. The number of rotatable bonds is 2. The summed E-state index contributed by atoms with van der Waals surface area (Å²) in [6.07, 6.45) is 5.29. The van der Waals surface area contributed by atoms with Crippen LogP contribution in [0.2, 0.25) is 0 Å². The molecule has 4 heterocycles. The summed E-state index contributed by atoms with van der Waals surface area (Å²) in [7, 11) is 1.89. The van der Waals surface area contributed by atoms with Crippen molar-refractivity contribution >= 4 is 22.5 Å². The Kier molecular flexibility index (Phi) is 3.33. The number of aromatic nitrogens is 4. The third-order valence-electron chi connectivity index (χ3n) is 4.27. The van der Waals surface area contributed by atoms with Crippen molar-refractivity contribution in [2.45, 2.75) is 0 Å². The molecule has 0 aliphatic carbocycles. The molecule has 3 aromatic heterocycles. The normalized spacial score (nSPS) is 15.4. The summed E-state index contributed by atoms with van der Waals surface area (Å²) >= 11 is 0. The summed E-state index contributed by atoms with van der Waals surface area (Å²) in [6, 6.07) is 5.09. The second-order valence-electron chi connectivity index (χ2n) is 5.62. The maximum Gasteiger partial charge on any atom is 0.165 e. The van der Waals surface area contributed by atoms with Crippen LogP contribution in [0, 0.1) is 5.82 Å². The van der Waals surface area contributed by atoms with Gasteiger partial charge in [-0.1, -0.05) is 0 Å². The van der Waals surface area contributed by atoms with E-state index < -0.39 is 0 Å². The van der Waals surface area contributed by atoms with E-state index in [2.05, 4.69) is 20.0 Å². The van der Waals surface area contributed by atoms with Crippen LogP contribution in [0.3, 0.4) is 0 Å². The molecule has 0 saturated carbocycles. The highest BCUT2D eigenvalue weighted by atomic mass is 19.1. The highest BCUT2D eigenvalue weighted by Gasteiger charge is 2.22. The summed E-state index contributed by atoms with van der Waals surface area (Å²) in [6.45, 7) is 3.09. The Morgan fingerprint density at radius 2 is 1.78 bits per heavy atom. The molecule has 7 heteroatoms. The Morgan fingerprint density at radius 1 is 1.00 bits per heavy atom. The zero-order chi connectivity index (χ0) is 15.8. The molecular weight excluding hydrogens is 295 g/mol. The molecule has 1 saturated heterocycles. The van der Waals surface area contributed by atoms with Crippen molar-refractivity contribution in [1.82, 2.24) is 19.7 Å². The van der Waals surface area contributed by atoms with E-state index in [4.69, 9.17) is 0 Å². The van der Waals surface area contributed by atoms with E-state index >= 15 is 0 Å². The molecule has 1 aliphatic rings. The van der Waals surface area contributed by atoms with Crippen LogP contribution in [0.4, 0.5) is 15.9 Å². The summed E-state index contributed by atoms with van der Waals surface area (Å²) < 4.78 is 15.6. The van der Waals surface area contributed by atoms with Crippen LogP contribution in [0.5, 0.6) is 0 Å². The number of halogens is 1. The average molecular weight is 312 g/mol. The van der Waals surface area contributed by atoms with Crippen LogP contribution >= 0.6 is 0 Å². The van der Waals surface area contributed by atoms with Crippen LogP contribution < -0.4 is 9.80 Å². The van der Waals surface area contributed by atoms with Gasteiger partial charge >= 0.3 is 0 Å². The quantitative estimate of drug-likeness (QED) is 0.722. The van der Waals surface area contributed by atoms with E-state index in [9.17, 15) is 4.39 Å². The first-order valence-electron chi connectivity index (χ1n) is 7.61. The molecular formula is C16H17FN6. The fourth-order valence-electron chi connectivity index (χ4n) is 3.08. The van der Waals surface area contributed by atoms with Gasteiger partial charge < -0.3 is 9.80 Å². The summed E-state index contributed by atoms with van der Waals surface area (Å²) in [4.78, 5) is 12.8. The summed E-state index contributed by atoms with van der Waals surface area (Å²) in [5, 5.41) is 5.33. The topological polar surface area (TPSA) is 50.1 Å². The van der Waals surface area contributed by atoms with E-state index in [1.807, 2.05) is 30.4 Å². The molecule has 6 nitrogen and oxygen atoms in total. The largest absolute Gasteiger partial charge is 0.367 e. The minimum Gasteiger partial charge on any atom is -0.367 e. The van der Waals surface area contributed by atoms with Gasteiger partial charge in [-0.3, -0.25) is 4.68 Å². The molecule has 1 aliphatic heterocycles. The minimum atomic E-state index is -0.264. The van der Waals surface area contributed by atoms with Crippen LogP contribution in [-0.2, 0) is 7.05 Å². The Morgan fingerprint density at radius 3 is 2.57 bits per heavy atom. The van der Waals surface area contributed by atoms with Crippen LogP contribution in [0.15, 0.2) is 36.8 Å². The molecule has 4 rings (SSSR count). The summed E-state index contributed by atoms with van der Waals surface area (Å²) in [5.74, 6) is 0.174. The molecule has 0 bridgehead atoms. The molecule has 0 N–H and O–H groups in total. The highest BCUT2D eigenvalue weighted by Crippen LogP contribution is 2.26. The second-order valence-corrected chi connectivity index (χ2v) is 5.62. The Hall–Kier alpha value is -2.70. The number of aryl methyl sites for hydroxylation is 1. The second kappa shape index (κ2) is 5.49. The van der Waals surface area contributed by atoms with Gasteiger partial charge in [0.25, 0.3) is 0 Å². The van der Waals surface area contributed by atoms with Crippen molar-refractivity contribution < 1.29 is 4.39 Å². The van der Waals surface area contributed by atoms with Gasteiger partial charge in [-0.25, -0.2) is 14.4 Å². The maximum absolute atomic E-state index is 13.9. The van der Waals surface area contributed by atoms with E-state index in [1.54, 1.807) is 16.9 Å². The zero-order valence-corrected chi connectivity index (χ0v) is 12.9. The van der Waals surface area contributed by atoms with E-state index in [1.165, 1.54) is 6.07 Å². The van der Waals surface area contributed by atoms with E-state index in [-0.39, 0.29) is 5.82 Å². The average Bonchev–Trinajstić information content (AvgIpc) is 2.97. The third kappa shape index (κ3) is 2.38. The minimum absolute atomic E-state index is 0.264. The third-order valence-corrected chi connectivity index (χ3v) is 4.27. The Balaban J connectivity index is 1.56. The zero-order valence-electron chi connectivity index (χ0n) is 12.9. The fraction of sp³-hybridized carbons (Fsp3) is 0.312. The van der Waals surface area contributed by atoms with Gasteiger partial charge in [-0.15, -0.1) is 0 Å². The van der Waals surface area contributed by atoms with Gasteiger partial charge in [0, 0.05) is 45.6 Å². The van der Waals surface area contributed by atoms with Crippen LogP contribution in [0.25, 0.3) is 11.0 Å². The fourth-order valence-corrected chi connectivity index (χ4v) is 3.08. The van der Waals surface area contributed by atoms with Crippen molar-refractivity contribution in [2.24, 2.45) is 7.05 Å². The SMILES string of the molecule is Cn1ncc2c(N3CCN(c4ncccc4F)CC3)ccnc21. The lowest BCUT2D eigenvalue weighted by Gasteiger charge is -2.36. The van der Waals surface area contributed by atoms with Gasteiger partial charge in [0.05, 0.1) is 17.3 Å². The molecule has 0 aromatic carbocycles. The standard InChI is InChI=1S/C16H17FN6/c1-21-15-12(11-20-21)14(4-6-19-15)22-7-9-23(10-8-22)16-13(17)3-2-5-18-16/h2-6,11H,7-10H2,1H3. The van der Waals surface area contributed by atoms with Crippen molar-refractivity contribution in [3.05, 3.63) is 42.6 Å². The molecule has 0 radical (unpaired) electrons. The molecule has 118 valence electrons. The molecule has 3 aromatic rings. The lowest BCUT2D eigenvalue weighted by molar-refractivity contribution is 0.589. The first-order valence-corrected chi connectivity index (χ1v) is 7.61. The first-order chi connectivity index (χ1) is 11.2. The predicted octanol–water partition coefficient (Wildman–Crippen LogP) is 1.83. The number of hydrogen-bond donors (Lipinski definition) is 0. The molecule has 0 amide bonds. The van der Waals surface area contributed by atoms with Crippen LogP contribution in [0.1, 0.15) is 0 Å². The van der Waals surface area contributed by atoms with Crippen LogP contribution in [-0.4, -0.2) is 45.9 Å². The van der Waals surface area contributed by atoms with Gasteiger partial charge in [0.15, 0.2) is 17.3 Å². The Bertz CT molecular complexity index is 837. The number of pyridine rings is 2. The van der Waals surface area contributed by atoms with Crippen molar-refractivity contribution in [1.29, 1.82) is 0 Å². The summed E-state index contributed by atoms with van der Waals surface area (Å²) in [5.41, 5.74) is 2.00. The Labute approximate surface area is 133 Å². The molecule has 23 heavy (non-hydrogen) atoms. The molecule has 0 atom stereocenters. The van der Waals surface area contributed by atoms with Gasteiger partial charge in [0.1, 0.15) is 0 Å². The van der Waals surface area contributed by atoms with Gasteiger partial charge in [0.2, 0.25) is 0 Å². The van der Waals surface area contributed by atoms with Crippen molar-refractivity contribution in [3.8, 4) is 0 Å². The molecule has 1 fully saturated rings. The number of fused-ring (bicyclic) bond motifs is 1. The monoisotopic (exact) mass is 312 g/mol. The van der Waals surface area contributed by atoms with E-state index in [0.717, 1.165) is 42.9 Å². The smallest absolute Gasteiger partial charge is 0.165 e. The van der Waals surface area contributed by atoms with Crippen molar-refractivity contribution in [3.63, 3.8) is 0 Å². The first kappa shape index (κ1) is 13.9. The van der Waals surface area contributed by atoms with Gasteiger partial charge in [-0.2, -0.15) is 5.10 Å². The lowest BCUT2D eigenvalue weighted by atomic mass is 10.2. The number of nitrogens with zero attached hydrogens (tertiary/aromatic N) is 6. The molecule has 0 unspecified atom stereocenters. The number of piperazine rings is 1. The van der Waals surface area contributed by atoms with E-state index in [0.29, 0.717) is 5.82 Å². The highest BCUT2D eigenvalue weighted by molar-refractivity contribution is 5.89.